The van der Waals surface area contributed by atoms with Crippen molar-refractivity contribution in [1.29, 1.82) is 0 Å². The Morgan fingerprint density at radius 3 is 2.41 bits per heavy atom. The van der Waals surface area contributed by atoms with Crippen molar-refractivity contribution in [3.8, 4) is 10.6 Å². The number of amides is 1. The highest BCUT2D eigenvalue weighted by Crippen LogP contribution is 2.33. The molecule has 0 aliphatic rings. The molecule has 4 aromatic rings. The Kier molecular flexibility index (Phi) is 7.18. The van der Waals surface area contributed by atoms with Crippen LogP contribution in [0, 0.1) is 6.92 Å². The Morgan fingerprint density at radius 2 is 1.71 bits per heavy atom. The highest BCUT2D eigenvalue weighted by atomic mass is 35.5. The molecule has 0 unspecified atom stereocenters. The molecular weight excluding hydrogens is 515 g/mol. The molecule has 0 saturated carbocycles. The van der Waals surface area contributed by atoms with Crippen LogP contribution in [0.4, 0.5) is 10.8 Å². The van der Waals surface area contributed by atoms with Crippen molar-refractivity contribution in [1.82, 2.24) is 10.2 Å². The van der Waals surface area contributed by atoms with E-state index < -0.39 is 22.5 Å². The molecule has 1 amide bonds. The molecule has 0 aliphatic carbocycles. The fourth-order valence-corrected chi connectivity index (χ4v) is 5.73. The number of benzene rings is 3. The number of halogens is 2. The summed E-state index contributed by atoms with van der Waals surface area (Å²) in [6.07, 6.45) is 0. The first-order valence-corrected chi connectivity index (χ1v) is 13.0. The highest BCUT2D eigenvalue weighted by Gasteiger charge is 2.29. The summed E-state index contributed by atoms with van der Waals surface area (Å²) < 4.78 is 27.8. The van der Waals surface area contributed by atoms with E-state index in [9.17, 15) is 13.2 Å². The number of sulfonamides is 1. The summed E-state index contributed by atoms with van der Waals surface area (Å²) in [5.74, 6) is -0.609. The predicted molar refractivity (Wildman–Crippen MR) is 136 cm³/mol. The van der Waals surface area contributed by atoms with E-state index in [1.807, 2.05) is 31.2 Å². The Hall–Kier alpha value is -2.98. The van der Waals surface area contributed by atoms with E-state index in [2.05, 4.69) is 15.5 Å². The minimum absolute atomic E-state index is 0.0106. The highest BCUT2D eigenvalue weighted by molar-refractivity contribution is 7.92. The fraction of sp³-hybridized carbons (Fsp3) is 0.0870. The Balaban J connectivity index is 1.61. The van der Waals surface area contributed by atoms with Crippen LogP contribution in [0.25, 0.3) is 10.6 Å². The van der Waals surface area contributed by atoms with Gasteiger partial charge in [-0.3, -0.25) is 14.4 Å². The van der Waals surface area contributed by atoms with Gasteiger partial charge in [-0.25, -0.2) is 8.42 Å². The second-order valence-electron chi connectivity index (χ2n) is 7.25. The Morgan fingerprint density at radius 1 is 1.00 bits per heavy atom. The third-order valence-corrected chi connectivity index (χ3v) is 7.98. The molecular formula is C23H18Cl2N4O3S2. The Bertz CT molecular complexity index is 1430. The number of carbonyl (C=O) groups is 1. The van der Waals surface area contributed by atoms with Crippen molar-refractivity contribution in [3.63, 3.8) is 0 Å². The summed E-state index contributed by atoms with van der Waals surface area (Å²) in [6.45, 7) is 1.44. The maximum Gasteiger partial charge on any atom is 0.264 e. The quantitative estimate of drug-likeness (QED) is 0.331. The van der Waals surface area contributed by atoms with Gasteiger partial charge in [0.05, 0.1) is 15.6 Å². The molecule has 0 atom stereocenters. The number of carbonyl (C=O) groups excluding carboxylic acids is 1. The molecule has 174 valence electrons. The zero-order valence-electron chi connectivity index (χ0n) is 17.8. The van der Waals surface area contributed by atoms with Crippen LogP contribution >= 0.6 is 34.5 Å². The van der Waals surface area contributed by atoms with Crippen LogP contribution in [0.15, 0.2) is 77.7 Å². The standard InChI is InChI=1S/C23H18Cl2N4O3S2/c1-15-7-9-16(10-8-15)22-27-28-23(33-22)26-21(30)14-29(20-13-17(24)11-12-19(20)25)34(31,32)18-5-3-2-4-6-18/h2-13H,14H2,1H3,(H,26,28,30). The van der Waals surface area contributed by atoms with Crippen LogP contribution in [0.3, 0.4) is 0 Å². The molecule has 11 heteroatoms. The monoisotopic (exact) mass is 532 g/mol. The molecule has 0 radical (unpaired) electrons. The zero-order valence-corrected chi connectivity index (χ0v) is 20.9. The van der Waals surface area contributed by atoms with Gasteiger partial charge in [0.15, 0.2) is 0 Å². The number of aryl methyl sites for hydroxylation is 1. The second kappa shape index (κ2) is 10.1. The van der Waals surface area contributed by atoms with E-state index in [1.54, 1.807) is 18.2 Å². The SMILES string of the molecule is Cc1ccc(-c2nnc(NC(=O)CN(c3cc(Cl)ccc3Cl)S(=O)(=O)c3ccccc3)s2)cc1. The molecule has 0 aliphatic heterocycles. The van der Waals surface area contributed by atoms with Gasteiger partial charge in [-0.05, 0) is 37.3 Å². The first kappa shape index (κ1) is 24.2. The van der Waals surface area contributed by atoms with Crippen LogP contribution in [0.5, 0.6) is 0 Å². The molecule has 4 rings (SSSR count). The number of nitrogens with zero attached hydrogens (tertiary/aromatic N) is 3. The maximum atomic E-state index is 13.4. The molecule has 7 nitrogen and oxygen atoms in total. The summed E-state index contributed by atoms with van der Waals surface area (Å²) in [4.78, 5) is 12.9. The lowest BCUT2D eigenvalue weighted by Gasteiger charge is -2.25. The van der Waals surface area contributed by atoms with Crippen molar-refractivity contribution < 1.29 is 13.2 Å². The number of nitrogens with one attached hydrogen (secondary N) is 1. The largest absolute Gasteiger partial charge is 0.299 e. The van der Waals surface area contributed by atoms with Gasteiger partial charge in [-0.15, -0.1) is 10.2 Å². The summed E-state index contributed by atoms with van der Waals surface area (Å²) >= 11 is 13.6. The van der Waals surface area contributed by atoms with Crippen LogP contribution in [0.2, 0.25) is 10.0 Å². The lowest BCUT2D eigenvalue weighted by atomic mass is 10.2. The summed E-state index contributed by atoms with van der Waals surface area (Å²) in [5, 5.41) is 12.0. The minimum Gasteiger partial charge on any atom is -0.299 e. The lowest BCUT2D eigenvalue weighted by molar-refractivity contribution is -0.114. The van der Waals surface area contributed by atoms with Crippen LogP contribution in [-0.4, -0.2) is 31.1 Å². The van der Waals surface area contributed by atoms with E-state index >= 15 is 0 Å². The average Bonchev–Trinajstić information content (AvgIpc) is 3.28. The number of rotatable bonds is 7. The number of anilines is 2. The van der Waals surface area contributed by atoms with Crippen molar-refractivity contribution >= 4 is 61.3 Å². The molecule has 0 spiro atoms. The smallest absolute Gasteiger partial charge is 0.264 e. The van der Waals surface area contributed by atoms with Crippen LogP contribution < -0.4 is 9.62 Å². The van der Waals surface area contributed by atoms with E-state index in [-0.39, 0.29) is 25.8 Å². The lowest BCUT2D eigenvalue weighted by Crippen LogP contribution is -2.38. The number of aromatic nitrogens is 2. The van der Waals surface area contributed by atoms with Crippen molar-refractivity contribution in [2.24, 2.45) is 0 Å². The predicted octanol–water partition coefficient (Wildman–Crippen LogP) is 5.65. The topological polar surface area (TPSA) is 92.3 Å². The maximum absolute atomic E-state index is 13.4. The molecule has 3 aromatic carbocycles. The third-order valence-electron chi connectivity index (χ3n) is 4.77. The Labute approximate surface area is 211 Å². The molecule has 1 N–H and O–H groups in total. The first-order chi connectivity index (χ1) is 16.2. The van der Waals surface area contributed by atoms with Gasteiger partial charge in [0.1, 0.15) is 11.6 Å². The minimum atomic E-state index is -4.13. The molecule has 0 saturated heterocycles. The van der Waals surface area contributed by atoms with Gasteiger partial charge in [0, 0.05) is 10.6 Å². The first-order valence-electron chi connectivity index (χ1n) is 9.97. The van der Waals surface area contributed by atoms with Crippen molar-refractivity contribution in [3.05, 3.63) is 88.4 Å². The van der Waals surface area contributed by atoms with Gasteiger partial charge in [-0.2, -0.15) is 0 Å². The summed E-state index contributed by atoms with van der Waals surface area (Å²) in [5.41, 5.74) is 2.06. The normalized spacial score (nSPS) is 11.3. The van der Waals surface area contributed by atoms with Crippen molar-refractivity contribution in [2.75, 3.05) is 16.2 Å². The van der Waals surface area contributed by atoms with E-state index in [0.717, 1.165) is 15.4 Å². The zero-order chi connectivity index (χ0) is 24.3. The molecule has 0 fully saturated rings. The number of hydrogen-bond acceptors (Lipinski definition) is 6. The molecule has 1 aromatic heterocycles. The summed E-state index contributed by atoms with van der Waals surface area (Å²) in [7, 11) is -4.13. The van der Waals surface area contributed by atoms with Gasteiger partial charge < -0.3 is 0 Å². The van der Waals surface area contributed by atoms with Crippen LogP contribution in [0.1, 0.15) is 5.56 Å². The van der Waals surface area contributed by atoms with Gasteiger partial charge >= 0.3 is 0 Å². The fourth-order valence-electron chi connectivity index (χ4n) is 3.07. The van der Waals surface area contributed by atoms with Crippen LogP contribution in [-0.2, 0) is 14.8 Å². The number of hydrogen-bond donors (Lipinski definition) is 1. The van der Waals surface area contributed by atoms with E-state index in [4.69, 9.17) is 23.2 Å². The summed E-state index contributed by atoms with van der Waals surface area (Å²) in [6, 6.07) is 19.9. The van der Waals surface area contributed by atoms with Crippen molar-refractivity contribution in [2.45, 2.75) is 11.8 Å². The van der Waals surface area contributed by atoms with E-state index in [1.165, 1.54) is 41.7 Å². The molecule has 0 bridgehead atoms. The van der Waals surface area contributed by atoms with Gasteiger partial charge in [0.25, 0.3) is 10.0 Å². The molecule has 34 heavy (non-hydrogen) atoms. The van der Waals surface area contributed by atoms with E-state index in [0.29, 0.717) is 5.01 Å². The average molecular weight is 533 g/mol. The van der Waals surface area contributed by atoms with Gasteiger partial charge in [-0.1, -0.05) is 82.6 Å². The molecule has 1 heterocycles. The third kappa shape index (κ3) is 5.39. The second-order valence-corrected chi connectivity index (χ2v) is 10.9. The van der Waals surface area contributed by atoms with Gasteiger partial charge in [0.2, 0.25) is 11.0 Å².